The molecule has 5 aromatic rings. The molecule has 0 aliphatic heterocycles. The monoisotopic (exact) mass is 534 g/mol. The van der Waals surface area contributed by atoms with Crippen LogP contribution < -0.4 is 10.6 Å². The molecule has 2 aromatic carbocycles. The topological polar surface area (TPSA) is 84.7 Å². The average Bonchev–Trinajstić information content (AvgIpc) is 3.37. The highest BCUT2D eigenvalue weighted by atomic mass is 32.1. The summed E-state index contributed by atoms with van der Waals surface area (Å²) < 4.78 is 41.4. The Morgan fingerprint density at radius 2 is 1.89 bits per heavy atom. The fraction of sp³-hybridized carbons (Fsp3) is 0.185. The molecule has 38 heavy (non-hydrogen) atoms. The fourth-order valence-corrected chi connectivity index (χ4v) is 4.67. The quantitative estimate of drug-likeness (QED) is 0.265. The lowest BCUT2D eigenvalue weighted by atomic mass is 10.1. The zero-order chi connectivity index (χ0) is 26.3. The van der Waals surface area contributed by atoms with Gasteiger partial charge in [-0.1, -0.05) is 24.3 Å². The lowest BCUT2D eigenvalue weighted by molar-refractivity contribution is -0.137. The van der Waals surface area contributed by atoms with Crippen LogP contribution in [0.2, 0.25) is 0 Å². The van der Waals surface area contributed by atoms with Crippen molar-refractivity contribution in [3.05, 3.63) is 88.4 Å². The number of anilines is 1. The van der Waals surface area contributed by atoms with Gasteiger partial charge in [-0.3, -0.25) is 9.36 Å². The van der Waals surface area contributed by atoms with Crippen LogP contribution in [-0.2, 0) is 12.7 Å². The summed E-state index contributed by atoms with van der Waals surface area (Å²) in [4.78, 5) is 26.3. The number of hydrogen-bond acceptors (Lipinski definition) is 6. The van der Waals surface area contributed by atoms with E-state index in [0.717, 1.165) is 30.7 Å². The smallest absolute Gasteiger partial charge is 0.364 e. The maximum atomic E-state index is 13.2. The van der Waals surface area contributed by atoms with Crippen molar-refractivity contribution in [3.63, 3.8) is 0 Å². The van der Waals surface area contributed by atoms with Crippen molar-refractivity contribution in [1.29, 1.82) is 0 Å². The van der Waals surface area contributed by atoms with E-state index in [1.807, 2.05) is 21.4 Å². The van der Waals surface area contributed by atoms with Crippen molar-refractivity contribution >= 4 is 34.2 Å². The van der Waals surface area contributed by atoms with Gasteiger partial charge in [-0.15, -0.1) is 0 Å². The molecule has 0 saturated heterocycles. The number of halogens is 3. The van der Waals surface area contributed by atoms with Crippen LogP contribution in [0.1, 0.15) is 34.3 Å². The van der Waals surface area contributed by atoms with Gasteiger partial charge in [0.1, 0.15) is 6.33 Å². The van der Waals surface area contributed by atoms with Gasteiger partial charge in [-0.2, -0.15) is 24.5 Å². The first kappa shape index (κ1) is 24.1. The summed E-state index contributed by atoms with van der Waals surface area (Å²) >= 11 is 1.54. The SMILES string of the molecule is O=C(NC1CC1)c1ccc(-c2nc(NCc3cccc(C(F)(F)F)c3)c3ncn(-c4ccsc4)c3n2)cc1. The lowest BCUT2D eigenvalue weighted by Crippen LogP contribution is -2.25. The third-order valence-electron chi connectivity index (χ3n) is 6.21. The van der Waals surface area contributed by atoms with E-state index in [1.165, 1.54) is 17.4 Å². The van der Waals surface area contributed by atoms with Crippen molar-refractivity contribution in [2.75, 3.05) is 5.32 Å². The minimum absolute atomic E-state index is 0.112. The molecule has 1 aliphatic carbocycles. The summed E-state index contributed by atoms with van der Waals surface area (Å²) in [7, 11) is 0. The second-order valence-corrected chi connectivity index (χ2v) is 9.82. The third-order valence-corrected chi connectivity index (χ3v) is 6.88. The molecule has 0 spiro atoms. The van der Waals surface area contributed by atoms with Gasteiger partial charge in [0.05, 0.1) is 11.3 Å². The molecule has 3 aromatic heterocycles. The maximum absolute atomic E-state index is 13.2. The molecular weight excluding hydrogens is 513 g/mol. The molecule has 1 fully saturated rings. The van der Waals surface area contributed by atoms with E-state index >= 15 is 0 Å². The van der Waals surface area contributed by atoms with Crippen molar-refractivity contribution in [3.8, 4) is 17.1 Å². The van der Waals surface area contributed by atoms with E-state index in [-0.39, 0.29) is 18.5 Å². The second-order valence-electron chi connectivity index (χ2n) is 9.04. The Hall–Kier alpha value is -4.25. The molecule has 1 aliphatic rings. The Morgan fingerprint density at radius 1 is 1.08 bits per heavy atom. The summed E-state index contributed by atoms with van der Waals surface area (Å²) in [6, 6.07) is 14.4. The van der Waals surface area contributed by atoms with Crippen molar-refractivity contribution in [2.45, 2.75) is 31.6 Å². The van der Waals surface area contributed by atoms with E-state index in [2.05, 4.69) is 20.6 Å². The molecule has 6 rings (SSSR count). The van der Waals surface area contributed by atoms with E-state index < -0.39 is 11.7 Å². The minimum atomic E-state index is -4.42. The molecule has 11 heteroatoms. The maximum Gasteiger partial charge on any atom is 0.416 e. The van der Waals surface area contributed by atoms with Crippen molar-refractivity contribution in [1.82, 2.24) is 24.8 Å². The third kappa shape index (κ3) is 4.97. The van der Waals surface area contributed by atoms with Gasteiger partial charge in [0.25, 0.3) is 5.91 Å². The van der Waals surface area contributed by atoms with Crippen LogP contribution in [-0.4, -0.2) is 31.5 Å². The number of carbonyl (C=O) groups excluding carboxylic acids is 1. The molecule has 7 nitrogen and oxygen atoms in total. The zero-order valence-electron chi connectivity index (χ0n) is 19.9. The predicted molar refractivity (Wildman–Crippen MR) is 139 cm³/mol. The molecular formula is C27H21F3N6OS. The Labute approximate surface area is 219 Å². The first-order chi connectivity index (χ1) is 18.3. The Kier molecular flexibility index (Phi) is 6.07. The van der Waals surface area contributed by atoms with Crippen LogP contribution in [0, 0.1) is 0 Å². The lowest BCUT2D eigenvalue weighted by Gasteiger charge is -2.12. The first-order valence-corrected chi connectivity index (χ1v) is 12.9. The summed E-state index contributed by atoms with van der Waals surface area (Å²) in [5.41, 5.74) is 2.92. The Bertz CT molecular complexity index is 1610. The fourth-order valence-electron chi connectivity index (χ4n) is 4.05. The molecule has 0 unspecified atom stereocenters. The van der Waals surface area contributed by atoms with E-state index in [9.17, 15) is 18.0 Å². The number of fused-ring (bicyclic) bond motifs is 1. The number of thiophene rings is 1. The predicted octanol–water partition coefficient (Wildman–Crippen LogP) is 6.07. The molecule has 192 valence electrons. The molecule has 1 saturated carbocycles. The summed E-state index contributed by atoms with van der Waals surface area (Å²) in [5, 5.41) is 10.0. The number of imidazole rings is 1. The van der Waals surface area contributed by atoms with Gasteiger partial charge < -0.3 is 10.6 Å². The number of hydrogen-bond donors (Lipinski definition) is 2. The van der Waals surface area contributed by atoms with Gasteiger partial charge in [0.15, 0.2) is 22.8 Å². The largest absolute Gasteiger partial charge is 0.416 e. The van der Waals surface area contributed by atoms with Gasteiger partial charge in [0.2, 0.25) is 0 Å². The van der Waals surface area contributed by atoms with Crippen LogP contribution in [0.4, 0.5) is 19.0 Å². The molecule has 2 N–H and O–H groups in total. The molecule has 3 heterocycles. The summed E-state index contributed by atoms with van der Waals surface area (Å²) in [5.74, 6) is 0.677. The molecule has 0 bridgehead atoms. The molecule has 0 atom stereocenters. The number of aromatic nitrogens is 4. The van der Waals surface area contributed by atoms with Crippen molar-refractivity contribution < 1.29 is 18.0 Å². The minimum Gasteiger partial charge on any atom is -0.364 e. The molecule has 1 amide bonds. The summed E-state index contributed by atoms with van der Waals surface area (Å²) in [6.07, 6.45) is -0.768. The van der Waals surface area contributed by atoms with Gasteiger partial charge >= 0.3 is 6.18 Å². The normalized spacial score (nSPS) is 13.6. The standard InChI is InChI=1S/C27H21F3N6OS/c28-27(29,30)19-3-1-2-16(12-19)13-31-24-22-25(36(15-32-22)21-10-11-38-14-21)35-23(34-24)17-4-6-18(7-5-17)26(37)33-20-8-9-20/h1-7,10-12,14-15,20H,8-9,13H2,(H,33,37)(H,31,34,35). The second kappa shape index (κ2) is 9.56. The number of benzene rings is 2. The van der Waals surface area contributed by atoms with E-state index in [4.69, 9.17) is 4.98 Å². The van der Waals surface area contributed by atoms with Crippen LogP contribution in [0.15, 0.2) is 71.7 Å². The number of carbonyl (C=O) groups is 1. The number of amides is 1. The van der Waals surface area contributed by atoms with Crippen molar-refractivity contribution in [2.24, 2.45) is 0 Å². The van der Waals surface area contributed by atoms with Crippen LogP contribution in [0.25, 0.3) is 28.2 Å². The van der Waals surface area contributed by atoms with Gasteiger partial charge in [-0.25, -0.2) is 15.0 Å². The van der Waals surface area contributed by atoms with E-state index in [1.54, 1.807) is 36.7 Å². The Balaban J connectivity index is 1.35. The highest BCUT2D eigenvalue weighted by molar-refractivity contribution is 7.08. The summed E-state index contributed by atoms with van der Waals surface area (Å²) in [6.45, 7) is 0.112. The van der Waals surface area contributed by atoms with Gasteiger partial charge in [-0.05, 0) is 54.1 Å². The first-order valence-electron chi connectivity index (χ1n) is 11.9. The number of alkyl halides is 3. The number of rotatable bonds is 7. The highest BCUT2D eigenvalue weighted by Crippen LogP contribution is 2.31. The average molecular weight is 535 g/mol. The number of nitrogens with one attached hydrogen (secondary N) is 2. The van der Waals surface area contributed by atoms with Crippen LogP contribution in [0.5, 0.6) is 0 Å². The number of nitrogens with zero attached hydrogens (tertiary/aromatic N) is 4. The van der Waals surface area contributed by atoms with Gasteiger partial charge in [0, 0.05) is 29.1 Å². The molecule has 0 radical (unpaired) electrons. The van der Waals surface area contributed by atoms with Crippen LogP contribution in [0.3, 0.4) is 0 Å². The Morgan fingerprint density at radius 3 is 2.61 bits per heavy atom. The highest BCUT2D eigenvalue weighted by Gasteiger charge is 2.30. The zero-order valence-corrected chi connectivity index (χ0v) is 20.7. The van der Waals surface area contributed by atoms with E-state index in [0.29, 0.717) is 39.5 Å². The van der Waals surface area contributed by atoms with Crippen LogP contribution >= 0.6 is 11.3 Å².